The van der Waals surface area contributed by atoms with E-state index in [-0.39, 0.29) is 11.9 Å². The van der Waals surface area contributed by atoms with Crippen LogP contribution in [0.3, 0.4) is 0 Å². The van der Waals surface area contributed by atoms with Crippen LogP contribution in [0.2, 0.25) is 0 Å². The largest absolute Gasteiger partial charge is 0.358 e. The van der Waals surface area contributed by atoms with E-state index in [1.807, 2.05) is 19.2 Å². The molecule has 1 aromatic carbocycles. The second-order valence-electron chi connectivity index (χ2n) is 4.84. The van der Waals surface area contributed by atoms with Crippen molar-refractivity contribution in [3.05, 3.63) is 29.8 Å². The Bertz CT molecular complexity index is 433. The van der Waals surface area contributed by atoms with E-state index in [1.54, 1.807) is 4.90 Å². The predicted octanol–water partition coefficient (Wildman–Crippen LogP) is 0.991. The van der Waals surface area contributed by atoms with Crippen LogP contribution in [0.15, 0.2) is 24.3 Å². The fourth-order valence-corrected chi connectivity index (χ4v) is 2.53. The molecule has 1 unspecified atom stereocenters. The lowest BCUT2D eigenvalue weighted by molar-refractivity contribution is -0.130. The number of hydrogen-bond donors (Lipinski definition) is 1. The molecule has 1 fully saturated rings. The van der Waals surface area contributed by atoms with Crippen molar-refractivity contribution in [1.29, 1.82) is 0 Å². The molecule has 0 aliphatic carbocycles. The highest BCUT2D eigenvalue weighted by molar-refractivity contribution is 5.86. The number of carbonyl (C=O) groups excluding carboxylic acids is 1. The lowest BCUT2D eigenvalue weighted by atomic mass is 10.1. The number of benzene rings is 1. The summed E-state index contributed by atoms with van der Waals surface area (Å²) in [6.45, 7) is 4.11. The molecule has 2 N–H and O–H groups in total. The second-order valence-corrected chi connectivity index (χ2v) is 4.84. The fourth-order valence-electron chi connectivity index (χ4n) is 2.53. The zero-order valence-corrected chi connectivity index (χ0v) is 11.1. The molecule has 4 nitrogen and oxygen atoms in total. The van der Waals surface area contributed by atoms with Crippen molar-refractivity contribution in [2.45, 2.75) is 19.4 Å². The van der Waals surface area contributed by atoms with Gasteiger partial charge in [-0.15, -0.1) is 0 Å². The maximum Gasteiger partial charge on any atom is 0.246 e. The summed E-state index contributed by atoms with van der Waals surface area (Å²) in [5, 5.41) is 0. The smallest absolute Gasteiger partial charge is 0.246 e. The molecule has 1 aliphatic heterocycles. The van der Waals surface area contributed by atoms with E-state index in [9.17, 15) is 4.79 Å². The van der Waals surface area contributed by atoms with Gasteiger partial charge in [0.1, 0.15) is 6.04 Å². The molecule has 1 amide bonds. The lowest BCUT2D eigenvalue weighted by Crippen LogP contribution is -2.49. The number of carbonyl (C=O) groups is 1. The van der Waals surface area contributed by atoms with Gasteiger partial charge in [0, 0.05) is 32.4 Å². The van der Waals surface area contributed by atoms with Crippen LogP contribution < -0.4 is 10.6 Å². The van der Waals surface area contributed by atoms with E-state index >= 15 is 0 Å². The number of nitrogens with zero attached hydrogens (tertiary/aromatic N) is 2. The standard InChI is InChI=1S/C14H21N3O/c1-11-6-3-4-7-12(11)17-9-5-8-16(2)14(18)13(17)10-15/h3-4,6-7,13H,5,8-10,15H2,1-2H3. The number of hydrogen-bond acceptors (Lipinski definition) is 3. The Morgan fingerprint density at radius 3 is 2.72 bits per heavy atom. The molecule has 0 saturated carbocycles. The molecule has 1 atom stereocenters. The minimum atomic E-state index is -0.237. The van der Waals surface area contributed by atoms with E-state index in [1.165, 1.54) is 5.56 Å². The highest BCUT2D eigenvalue weighted by atomic mass is 16.2. The summed E-state index contributed by atoms with van der Waals surface area (Å²) >= 11 is 0. The summed E-state index contributed by atoms with van der Waals surface area (Å²) < 4.78 is 0. The van der Waals surface area contributed by atoms with Crippen molar-refractivity contribution in [1.82, 2.24) is 4.90 Å². The van der Waals surface area contributed by atoms with Crippen molar-refractivity contribution < 1.29 is 4.79 Å². The number of amides is 1. The SMILES string of the molecule is Cc1ccccc1N1CCCN(C)C(=O)C1CN. The van der Waals surface area contributed by atoms with Gasteiger partial charge in [-0.2, -0.15) is 0 Å². The fraction of sp³-hybridized carbons (Fsp3) is 0.500. The van der Waals surface area contributed by atoms with Gasteiger partial charge in [0.15, 0.2) is 0 Å². The molecular formula is C14H21N3O. The Hall–Kier alpha value is -1.55. The first-order chi connectivity index (χ1) is 8.65. The molecule has 1 aromatic rings. The van der Waals surface area contributed by atoms with Gasteiger partial charge in [-0.3, -0.25) is 4.79 Å². The minimum Gasteiger partial charge on any atom is -0.358 e. The van der Waals surface area contributed by atoms with Gasteiger partial charge in [-0.1, -0.05) is 18.2 Å². The van der Waals surface area contributed by atoms with E-state index < -0.39 is 0 Å². The molecule has 2 rings (SSSR count). The van der Waals surface area contributed by atoms with Gasteiger partial charge in [0.2, 0.25) is 5.91 Å². The molecule has 1 heterocycles. The monoisotopic (exact) mass is 247 g/mol. The zero-order valence-electron chi connectivity index (χ0n) is 11.1. The lowest BCUT2D eigenvalue weighted by Gasteiger charge is -2.31. The van der Waals surface area contributed by atoms with Crippen LogP contribution in [-0.2, 0) is 4.79 Å². The van der Waals surface area contributed by atoms with Crippen molar-refractivity contribution >= 4 is 11.6 Å². The Kier molecular flexibility index (Phi) is 3.87. The minimum absolute atomic E-state index is 0.123. The first-order valence-corrected chi connectivity index (χ1v) is 6.42. The number of nitrogens with two attached hydrogens (primary N) is 1. The normalized spacial score (nSPS) is 21.1. The van der Waals surface area contributed by atoms with Gasteiger partial charge < -0.3 is 15.5 Å². The van der Waals surface area contributed by atoms with Crippen molar-refractivity contribution in [2.24, 2.45) is 5.73 Å². The highest BCUT2D eigenvalue weighted by Gasteiger charge is 2.30. The molecule has 0 bridgehead atoms. The Labute approximate surface area is 108 Å². The van der Waals surface area contributed by atoms with Crippen molar-refractivity contribution in [3.8, 4) is 0 Å². The van der Waals surface area contributed by atoms with Gasteiger partial charge in [0.05, 0.1) is 0 Å². The third kappa shape index (κ3) is 2.34. The van der Waals surface area contributed by atoms with E-state index in [2.05, 4.69) is 24.0 Å². The second kappa shape index (κ2) is 5.40. The van der Waals surface area contributed by atoms with Crippen molar-refractivity contribution in [2.75, 3.05) is 31.6 Å². The quantitative estimate of drug-likeness (QED) is 0.848. The predicted molar refractivity (Wildman–Crippen MR) is 73.6 cm³/mol. The van der Waals surface area contributed by atoms with E-state index in [0.717, 1.165) is 25.2 Å². The van der Waals surface area contributed by atoms with Gasteiger partial charge in [-0.25, -0.2) is 0 Å². The van der Waals surface area contributed by atoms with Gasteiger partial charge in [-0.05, 0) is 25.0 Å². The molecule has 0 aromatic heterocycles. The molecule has 0 radical (unpaired) electrons. The summed E-state index contributed by atoms with van der Waals surface area (Å²) in [7, 11) is 1.85. The van der Waals surface area contributed by atoms with Crippen LogP contribution in [-0.4, -0.2) is 43.5 Å². The third-order valence-electron chi connectivity index (χ3n) is 3.58. The van der Waals surface area contributed by atoms with Gasteiger partial charge in [0.25, 0.3) is 0 Å². The van der Waals surface area contributed by atoms with Crippen LogP contribution >= 0.6 is 0 Å². The maximum absolute atomic E-state index is 12.3. The molecule has 98 valence electrons. The first kappa shape index (κ1) is 12.9. The summed E-state index contributed by atoms with van der Waals surface area (Å²) in [5.74, 6) is 0.123. The number of para-hydroxylation sites is 1. The topological polar surface area (TPSA) is 49.6 Å². The van der Waals surface area contributed by atoms with Crippen LogP contribution in [0.1, 0.15) is 12.0 Å². The molecule has 1 saturated heterocycles. The first-order valence-electron chi connectivity index (χ1n) is 6.42. The third-order valence-corrected chi connectivity index (χ3v) is 3.58. The maximum atomic E-state index is 12.3. The van der Waals surface area contributed by atoms with Crippen LogP contribution in [0.25, 0.3) is 0 Å². The Balaban J connectivity index is 2.35. The number of likely N-dealkylation sites (N-methyl/N-ethyl adjacent to an activating group) is 1. The van der Waals surface area contributed by atoms with Crippen LogP contribution in [0, 0.1) is 6.92 Å². The van der Waals surface area contributed by atoms with E-state index in [0.29, 0.717) is 6.54 Å². The highest BCUT2D eigenvalue weighted by Crippen LogP contribution is 2.24. The summed E-state index contributed by atoms with van der Waals surface area (Å²) in [5.41, 5.74) is 8.12. The number of anilines is 1. The van der Waals surface area contributed by atoms with E-state index in [4.69, 9.17) is 5.73 Å². The average Bonchev–Trinajstić information content (AvgIpc) is 2.50. The summed E-state index contributed by atoms with van der Waals surface area (Å²) in [6.07, 6.45) is 0.979. The van der Waals surface area contributed by atoms with Crippen LogP contribution in [0.4, 0.5) is 5.69 Å². The summed E-state index contributed by atoms with van der Waals surface area (Å²) in [4.78, 5) is 16.2. The number of aryl methyl sites for hydroxylation is 1. The molecule has 1 aliphatic rings. The average molecular weight is 247 g/mol. The van der Waals surface area contributed by atoms with Crippen LogP contribution in [0.5, 0.6) is 0 Å². The molecule has 4 heteroatoms. The van der Waals surface area contributed by atoms with Gasteiger partial charge >= 0.3 is 0 Å². The summed E-state index contributed by atoms with van der Waals surface area (Å²) in [6, 6.07) is 7.92. The number of rotatable bonds is 2. The van der Waals surface area contributed by atoms with Crippen molar-refractivity contribution in [3.63, 3.8) is 0 Å². The molecular weight excluding hydrogens is 226 g/mol. The Morgan fingerprint density at radius 1 is 1.33 bits per heavy atom. The molecule has 18 heavy (non-hydrogen) atoms. The Morgan fingerprint density at radius 2 is 2.06 bits per heavy atom. The zero-order chi connectivity index (χ0) is 13.1. The molecule has 0 spiro atoms.